The van der Waals surface area contributed by atoms with E-state index in [1.54, 1.807) is 0 Å². The maximum absolute atomic E-state index is 11.2. The minimum absolute atomic E-state index is 0.112. The minimum Gasteiger partial charge on any atom is -0.480 e. The number of carbonyl (C=O) groups is 1. The van der Waals surface area contributed by atoms with Crippen molar-refractivity contribution in [1.82, 2.24) is 0 Å². The first-order valence-electron chi connectivity index (χ1n) is 5.79. The van der Waals surface area contributed by atoms with Crippen LogP contribution >= 0.6 is 15.9 Å². The molecule has 94 valence electrons. The van der Waals surface area contributed by atoms with Crippen LogP contribution in [0.4, 0.5) is 5.69 Å². The molecule has 0 bridgehead atoms. The lowest BCUT2D eigenvalue weighted by molar-refractivity contribution is -0.139. The van der Waals surface area contributed by atoms with Crippen LogP contribution in [0, 0.1) is 5.92 Å². The SMILES string of the molecule is CCCC(C)C(Nc1ccc(Br)cc1)C(=O)O. The highest BCUT2D eigenvalue weighted by atomic mass is 79.9. The fourth-order valence-electron chi connectivity index (χ4n) is 1.80. The van der Waals surface area contributed by atoms with Crippen molar-refractivity contribution < 1.29 is 9.90 Å². The Hall–Kier alpha value is -1.03. The van der Waals surface area contributed by atoms with Crippen molar-refractivity contribution in [1.29, 1.82) is 0 Å². The van der Waals surface area contributed by atoms with Crippen LogP contribution in [0.2, 0.25) is 0 Å². The van der Waals surface area contributed by atoms with E-state index in [-0.39, 0.29) is 5.92 Å². The average molecular weight is 300 g/mol. The molecule has 0 aromatic heterocycles. The van der Waals surface area contributed by atoms with Gasteiger partial charge in [-0.05, 0) is 36.6 Å². The van der Waals surface area contributed by atoms with Crippen LogP contribution in [0.15, 0.2) is 28.7 Å². The number of carboxylic acids is 1. The third-order valence-electron chi connectivity index (χ3n) is 2.75. The number of rotatable bonds is 6. The fourth-order valence-corrected chi connectivity index (χ4v) is 2.06. The van der Waals surface area contributed by atoms with Crippen molar-refractivity contribution in [3.63, 3.8) is 0 Å². The summed E-state index contributed by atoms with van der Waals surface area (Å²) < 4.78 is 0.983. The first-order chi connectivity index (χ1) is 8.04. The number of halogens is 1. The van der Waals surface area contributed by atoms with Gasteiger partial charge in [0, 0.05) is 10.2 Å². The Morgan fingerprint density at radius 1 is 1.41 bits per heavy atom. The first-order valence-corrected chi connectivity index (χ1v) is 6.58. The zero-order valence-corrected chi connectivity index (χ0v) is 11.7. The lowest BCUT2D eigenvalue weighted by Gasteiger charge is -2.22. The zero-order valence-electron chi connectivity index (χ0n) is 10.1. The van der Waals surface area contributed by atoms with Gasteiger partial charge in [0.15, 0.2) is 0 Å². The van der Waals surface area contributed by atoms with Crippen molar-refractivity contribution in [2.24, 2.45) is 5.92 Å². The molecule has 0 aliphatic heterocycles. The number of benzene rings is 1. The average Bonchev–Trinajstić information content (AvgIpc) is 2.28. The summed E-state index contributed by atoms with van der Waals surface area (Å²) >= 11 is 3.35. The molecule has 1 aromatic carbocycles. The number of anilines is 1. The molecule has 17 heavy (non-hydrogen) atoms. The highest BCUT2D eigenvalue weighted by Crippen LogP contribution is 2.19. The van der Waals surface area contributed by atoms with Crippen LogP contribution in [-0.2, 0) is 4.79 Å². The van der Waals surface area contributed by atoms with Crippen molar-refractivity contribution >= 4 is 27.6 Å². The highest BCUT2D eigenvalue weighted by molar-refractivity contribution is 9.10. The van der Waals surface area contributed by atoms with Crippen molar-refractivity contribution in [3.8, 4) is 0 Å². The van der Waals surface area contributed by atoms with Gasteiger partial charge >= 0.3 is 5.97 Å². The van der Waals surface area contributed by atoms with Gasteiger partial charge in [0.25, 0.3) is 0 Å². The fraction of sp³-hybridized carbons (Fsp3) is 0.462. The maximum atomic E-state index is 11.2. The highest BCUT2D eigenvalue weighted by Gasteiger charge is 2.23. The summed E-state index contributed by atoms with van der Waals surface area (Å²) in [5.74, 6) is -0.685. The molecular weight excluding hydrogens is 282 g/mol. The molecule has 2 unspecified atom stereocenters. The minimum atomic E-state index is -0.797. The lowest BCUT2D eigenvalue weighted by Crippen LogP contribution is -2.35. The predicted octanol–water partition coefficient (Wildman–Crippen LogP) is 3.75. The van der Waals surface area contributed by atoms with E-state index < -0.39 is 12.0 Å². The summed E-state index contributed by atoms with van der Waals surface area (Å²) in [7, 11) is 0. The van der Waals surface area contributed by atoms with Crippen LogP contribution in [-0.4, -0.2) is 17.1 Å². The molecule has 0 saturated heterocycles. The molecule has 2 atom stereocenters. The second-order valence-corrected chi connectivity index (χ2v) is 5.15. The summed E-state index contributed by atoms with van der Waals surface area (Å²) in [6, 6.07) is 7.01. The van der Waals surface area contributed by atoms with Gasteiger partial charge in [-0.1, -0.05) is 36.2 Å². The summed E-state index contributed by atoms with van der Waals surface area (Å²) in [6.07, 6.45) is 1.90. The van der Waals surface area contributed by atoms with E-state index >= 15 is 0 Å². The Morgan fingerprint density at radius 2 is 2.00 bits per heavy atom. The van der Waals surface area contributed by atoms with Crippen molar-refractivity contribution in [2.75, 3.05) is 5.32 Å². The predicted molar refractivity (Wildman–Crippen MR) is 73.3 cm³/mol. The molecule has 0 amide bonds. The number of aliphatic carboxylic acids is 1. The van der Waals surface area contributed by atoms with Crippen LogP contribution in [0.3, 0.4) is 0 Å². The molecule has 0 fully saturated rings. The smallest absolute Gasteiger partial charge is 0.326 e. The van der Waals surface area contributed by atoms with Gasteiger partial charge in [-0.25, -0.2) is 4.79 Å². The molecule has 0 aliphatic carbocycles. The molecule has 1 rings (SSSR count). The third kappa shape index (κ3) is 4.38. The van der Waals surface area contributed by atoms with Gasteiger partial charge in [0.2, 0.25) is 0 Å². The molecule has 3 nitrogen and oxygen atoms in total. The summed E-state index contributed by atoms with van der Waals surface area (Å²) in [5, 5.41) is 12.3. The lowest BCUT2D eigenvalue weighted by atomic mass is 9.96. The van der Waals surface area contributed by atoms with Gasteiger partial charge in [0.1, 0.15) is 6.04 Å². The Labute approximate surface area is 110 Å². The maximum Gasteiger partial charge on any atom is 0.326 e. The summed E-state index contributed by atoms with van der Waals surface area (Å²) in [6.45, 7) is 4.03. The second kappa shape index (κ2) is 6.64. The first kappa shape index (κ1) is 14.0. The molecule has 0 heterocycles. The molecule has 4 heteroatoms. The molecule has 1 aromatic rings. The molecule has 0 radical (unpaired) electrons. The quantitative estimate of drug-likeness (QED) is 0.841. The van der Waals surface area contributed by atoms with Crippen LogP contribution in [0.25, 0.3) is 0 Å². The molecule has 0 aliphatic rings. The summed E-state index contributed by atoms with van der Waals surface area (Å²) in [4.78, 5) is 11.2. The molecular formula is C13H18BrNO2. The Bertz CT molecular complexity index is 364. The van der Waals surface area contributed by atoms with Gasteiger partial charge in [-0.3, -0.25) is 0 Å². The normalized spacial score (nSPS) is 14.1. The van der Waals surface area contributed by atoms with Crippen LogP contribution < -0.4 is 5.32 Å². The monoisotopic (exact) mass is 299 g/mol. The zero-order chi connectivity index (χ0) is 12.8. The van der Waals surface area contributed by atoms with Gasteiger partial charge in [0.05, 0.1) is 0 Å². The van der Waals surface area contributed by atoms with E-state index in [1.807, 2.05) is 31.2 Å². The topological polar surface area (TPSA) is 49.3 Å². The number of hydrogen-bond donors (Lipinski definition) is 2. The second-order valence-electron chi connectivity index (χ2n) is 4.23. The van der Waals surface area contributed by atoms with E-state index in [0.717, 1.165) is 23.0 Å². The number of carboxylic acid groups (broad SMARTS) is 1. The number of nitrogens with one attached hydrogen (secondary N) is 1. The largest absolute Gasteiger partial charge is 0.480 e. The van der Waals surface area contributed by atoms with E-state index in [1.165, 1.54) is 0 Å². The van der Waals surface area contributed by atoms with E-state index in [0.29, 0.717) is 0 Å². The Balaban J connectivity index is 2.73. The Morgan fingerprint density at radius 3 is 2.47 bits per heavy atom. The van der Waals surface area contributed by atoms with Crippen molar-refractivity contribution in [2.45, 2.75) is 32.7 Å². The van der Waals surface area contributed by atoms with Gasteiger partial charge in [-0.2, -0.15) is 0 Å². The van der Waals surface area contributed by atoms with Crippen molar-refractivity contribution in [3.05, 3.63) is 28.7 Å². The molecule has 2 N–H and O–H groups in total. The van der Waals surface area contributed by atoms with E-state index in [9.17, 15) is 9.90 Å². The number of hydrogen-bond acceptors (Lipinski definition) is 2. The van der Waals surface area contributed by atoms with E-state index in [2.05, 4.69) is 28.2 Å². The molecule has 0 spiro atoms. The summed E-state index contributed by atoms with van der Waals surface area (Å²) in [5.41, 5.74) is 0.837. The van der Waals surface area contributed by atoms with Crippen LogP contribution in [0.5, 0.6) is 0 Å². The van der Waals surface area contributed by atoms with Gasteiger partial charge < -0.3 is 10.4 Å². The van der Waals surface area contributed by atoms with E-state index in [4.69, 9.17) is 0 Å². The molecule has 0 saturated carbocycles. The Kier molecular flexibility index (Phi) is 5.48. The van der Waals surface area contributed by atoms with Gasteiger partial charge in [-0.15, -0.1) is 0 Å². The standard InChI is InChI=1S/C13H18BrNO2/c1-3-4-9(2)12(13(16)17)15-11-7-5-10(14)6-8-11/h5-9,12,15H,3-4H2,1-2H3,(H,16,17). The third-order valence-corrected chi connectivity index (χ3v) is 3.27. The van der Waals surface area contributed by atoms with Crippen LogP contribution in [0.1, 0.15) is 26.7 Å².